The van der Waals surface area contributed by atoms with Gasteiger partial charge in [0.2, 0.25) is 5.89 Å². The second-order valence-corrected chi connectivity index (χ2v) is 6.17. The number of rotatable bonds is 6. The number of fused-ring (bicyclic) bond motifs is 1. The summed E-state index contributed by atoms with van der Waals surface area (Å²) in [5, 5.41) is 10.8. The molecule has 0 saturated heterocycles. The third-order valence-electron chi connectivity index (χ3n) is 4.35. The number of aromatic nitrogens is 1. The van der Waals surface area contributed by atoms with Gasteiger partial charge in [-0.3, -0.25) is 0 Å². The smallest absolute Gasteiger partial charge is 0.226 e. The lowest BCUT2D eigenvalue weighted by Crippen LogP contribution is -1.97. The van der Waals surface area contributed by atoms with Crippen LogP contribution in [0.5, 0.6) is 5.75 Å². The molecule has 5 heteroatoms. The van der Waals surface area contributed by atoms with Crippen LogP contribution in [0.4, 0.5) is 0 Å². The highest BCUT2D eigenvalue weighted by Crippen LogP contribution is 2.28. The summed E-state index contributed by atoms with van der Waals surface area (Å²) >= 11 is 0. The largest absolute Gasteiger partial charge is 0.516 e. The third-order valence-corrected chi connectivity index (χ3v) is 4.35. The summed E-state index contributed by atoms with van der Waals surface area (Å²) in [6.07, 6.45) is 4.88. The average Bonchev–Trinajstić information content (AvgIpc) is 3.28. The Morgan fingerprint density at radius 3 is 2.81 bits per heavy atom. The fourth-order valence-electron chi connectivity index (χ4n) is 2.90. The second-order valence-electron chi connectivity index (χ2n) is 6.17. The average molecular weight is 361 g/mol. The van der Waals surface area contributed by atoms with E-state index in [-0.39, 0.29) is 0 Å². The maximum atomic E-state index is 8.85. The van der Waals surface area contributed by atoms with Crippen LogP contribution in [0.3, 0.4) is 0 Å². The van der Waals surface area contributed by atoms with Gasteiger partial charge in [-0.25, -0.2) is 4.98 Å². The maximum absolute atomic E-state index is 8.85. The van der Waals surface area contributed by atoms with Gasteiger partial charge >= 0.3 is 0 Å². The van der Waals surface area contributed by atoms with Crippen LogP contribution in [0, 0.1) is 6.92 Å². The van der Waals surface area contributed by atoms with E-state index in [1.54, 1.807) is 12.3 Å². The third kappa shape index (κ3) is 3.58. The number of aliphatic hydroxyl groups is 1. The zero-order valence-corrected chi connectivity index (χ0v) is 14.9. The lowest BCUT2D eigenvalue weighted by molar-refractivity contribution is 0.300. The quantitative estimate of drug-likeness (QED) is 0.453. The lowest BCUT2D eigenvalue weighted by Gasteiger charge is -2.05. The Hall–Kier alpha value is -3.47. The molecule has 0 bridgehead atoms. The van der Waals surface area contributed by atoms with Crippen LogP contribution in [-0.2, 0) is 13.0 Å². The van der Waals surface area contributed by atoms with Crippen molar-refractivity contribution >= 4 is 10.8 Å². The molecule has 0 spiro atoms. The zero-order chi connectivity index (χ0) is 18.6. The second kappa shape index (κ2) is 7.41. The van der Waals surface area contributed by atoms with E-state index in [9.17, 15) is 0 Å². The van der Waals surface area contributed by atoms with Crippen LogP contribution in [0.1, 0.15) is 17.2 Å². The van der Waals surface area contributed by atoms with E-state index in [1.807, 2.05) is 55.5 Å². The first-order chi connectivity index (χ1) is 13.2. The van der Waals surface area contributed by atoms with Crippen LogP contribution in [0.25, 0.3) is 22.2 Å². The Morgan fingerprint density at radius 2 is 2.00 bits per heavy atom. The number of hydrogen-bond donors (Lipinski definition) is 1. The molecule has 0 aliphatic carbocycles. The normalized spacial score (nSPS) is 11.4. The molecule has 0 radical (unpaired) electrons. The zero-order valence-electron chi connectivity index (χ0n) is 14.9. The summed E-state index contributed by atoms with van der Waals surface area (Å²) in [6.45, 7) is 2.20. The van der Waals surface area contributed by atoms with Gasteiger partial charge < -0.3 is 18.7 Å². The monoisotopic (exact) mass is 361 g/mol. The van der Waals surface area contributed by atoms with E-state index in [0.29, 0.717) is 18.9 Å². The summed E-state index contributed by atoms with van der Waals surface area (Å²) in [5.74, 6) is 2.84. The van der Waals surface area contributed by atoms with E-state index in [1.165, 1.54) is 0 Å². The number of furan rings is 1. The first-order valence-electron chi connectivity index (χ1n) is 8.68. The summed E-state index contributed by atoms with van der Waals surface area (Å²) in [4.78, 5) is 4.56. The number of oxazole rings is 1. The predicted molar refractivity (Wildman–Crippen MR) is 103 cm³/mol. The van der Waals surface area contributed by atoms with Gasteiger partial charge in [-0.05, 0) is 43.3 Å². The molecule has 1 N–H and O–H groups in total. The fourth-order valence-corrected chi connectivity index (χ4v) is 2.90. The molecule has 2 aromatic heterocycles. The van der Waals surface area contributed by atoms with Gasteiger partial charge in [-0.1, -0.05) is 18.2 Å². The standard InChI is InChI=1S/C22H19NO4/c1-15-20(23-22(27-15)16-6-3-2-4-7-16)14-25-18-10-9-17-13-26-21(8-5-11-24)19(17)12-18/h2-7,9-13,24H,8,14H2,1H3. The minimum atomic E-state index is 0.317. The maximum Gasteiger partial charge on any atom is 0.226 e. The molecule has 0 aliphatic heterocycles. The topological polar surface area (TPSA) is 68.6 Å². The molecule has 0 fully saturated rings. The first kappa shape index (κ1) is 17.0. The molecule has 4 aromatic rings. The number of aryl methyl sites for hydroxylation is 1. The van der Waals surface area contributed by atoms with Crippen LogP contribution >= 0.6 is 0 Å². The van der Waals surface area contributed by atoms with Crippen molar-refractivity contribution in [1.82, 2.24) is 4.98 Å². The molecule has 27 heavy (non-hydrogen) atoms. The molecule has 5 nitrogen and oxygen atoms in total. The summed E-state index contributed by atoms with van der Waals surface area (Å²) in [7, 11) is 0. The van der Waals surface area contributed by atoms with Gasteiger partial charge in [0.05, 0.1) is 12.5 Å². The van der Waals surface area contributed by atoms with Crippen LogP contribution in [0.2, 0.25) is 0 Å². The molecular formula is C22H19NO4. The van der Waals surface area contributed by atoms with Gasteiger partial charge in [-0.2, -0.15) is 0 Å². The molecule has 2 heterocycles. The molecule has 4 rings (SSSR count). The Morgan fingerprint density at radius 1 is 1.15 bits per heavy atom. The van der Waals surface area contributed by atoms with Gasteiger partial charge in [-0.15, -0.1) is 0 Å². The van der Waals surface area contributed by atoms with Crippen LogP contribution in [-0.4, -0.2) is 10.1 Å². The van der Waals surface area contributed by atoms with Gasteiger partial charge in [0.25, 0.3) is 0 Å². The summed E-state index contributed by atoms with van der Waals surface area (Å²) < 4.78 is 17.3. The van der Waals surface area contributed by atoms with Gasteiger partial charge in [0, 0.05) is 22.8 Å². The van der Waals surface area contributed by atoms with Crippen molar-refractivity contribution in [1.29, 1.82) is 0 Å². The van der Waals surface area contributed by atoms with Crippen molar-refractivity contribution in [3.63, 3.8) is 0 Å². The van der Waals surface area contributed by atoms with E-state index in [4.69, 9.17) is 18.7 Å². The summed E-state index contributed by atoms with van der Waals surface area (Å²) in [5.41, 5.74) is 1.71. The number of nitrogens with zero attached hydrogens (tertiary/aromatic N) is 1. The van der Waals surface area contributed by atoms with E-state index in [0.717, 1.165) is 45.6 Å². The molecule has 0 atom stereocenters. The van der Waals surface area contributed by atoms with Gasteiger partial charge in [0.1, 0.15) is 29.6 Å². The molecule has 2 aromatic carbocycles. The molecule has 0 aliphatic rings. The number of allylic oxidation sites excluding steroid dienone is 1. The predicted octanol–water partition coefficient (Wildman–Crippen LogP) is 5.59. The highest BCUT2D eigenvalue weighted by atomic mass is 16.5. The SMILES string of the molecule is Cc1oc(-c2ccccc2)nc1COc1ccc2coc(CC=CO)c2c1. The minimum Gasteiger partial charge on any atom is -0.516 e. The van der Waals surface area contributed by atoms with Crippen LogP contribution in [0.15, 0.2) is 76.0 Å². The van der Waals surface area contributed by atoms with Crippen molar-refractivity contribution in [2.45, 2.75) is 20.0 Å². The number of benzene rings is 2. The Kier molecular flexibility index (Phi) is 4.66. The molecular weight excluding hydrogens is 342 g/mol. The minimum absolute atomic E-state index is 0.317. The van der Waals surface area contributed by atoms with Crippen LogP contribution < -0.4 is 4.74 Å². The van der Waals surface area contributed by atoms with Crippen molar-refractivity contribution < 1.29 is 18.7 Å². The van der Waals surface area contributed by atoms with E-state index >= 15 is 0 Å². The lowest BCUT2D eigenvalue weighted by atomic mass is 10.1. The number of aliphatic hydroxyl groups excluding tert-OH is 1. The molecule has 0 amide bonds. The van der Waals surface area contributed by atoms with Crippen molar-refractivity contribution in [3.8, 4) is 17.2 Å². The molecule has 0 unspecified atom stereocenters. The van der Waals surface area contributed by atoms with Crippen molar-refractivity contribution in [2.24, 2.45) is 0 Å². The Balaban J connectivity index is 1.52. The van der Waals surface area contributed by atoms with Crippen molar-refractivity contribution in [2.75, 3.05) is 0 Å². The Bertz CT molecular complexity index is 1080. The van der Waals surface area contributed by atoms with Gasteiger partial charge in [0.15, 0.2) is 0 Å². The van der Waals surface area contributed by atoms with E-state index in [2.05, 4.69) is 4.98 Å². The van der Waals surface area contributed by atoms with E-state index < -0.39 is 0 Å². The number of hydrogen-bond acceptors (Lipinski definition) is 5. The van der Waals surface area contributed by atoms with Crippen molar-refractivity contribution in [3.05, 3.63) is 84.3 Å². The number of ether oxygens (including phenoxy) is 1. The molecule has 136 valence electrons. The Labute approximate surface area is 156 Å². The molecule has 0 saturated carbocycles. The highest BCUT2D eigenvalue weighted by Gasteiger charge is 2.12. The summed E-state index contributed by atoms with van der Waals surface area (Å²) in [6, 6.07) is 15.6. The fraction of sp³-hybridized carbons (Fsp3) is 0.136. The first-order valence-corrected chi connectivity index (χ1v) is 8.68. The highest BCUT2D eigenvalue weighted by molar-refractivity contribution is 5.85.